The summed E-state index contributed by atoms with van der Waals surface area (Å²) >= 11 is 0. The number of methoxy groups -OCH3 is 1. The number of hydrogen-bond donors (Lipinski definition) is 1. The molecule has 1 unspecified atom stereocenters. The molecule has 1 aliphatic carbocycles. The molecule has 1 saturated carbocycles. The van der Waals surface area contributed by atoms with Crippen LogP contribution >= 0.6 is 0 Å². The molecule has 0 radical (unpaired) electrons. The average molecular weight is 498 g/mol. The number of fused-ring (bicyclic) bond motifs is 3. The van der Waals surface area contributed by atoms with Gasteiger partial charge in [0.05, 0.1) is 29.7 Å². The number of carbonyl (C=O) groups is 2. The maximum Gasteiger partial charge on any atom is 0.414 e. The first-order chi connectivity index (χ1) is 17.4. The van der Waals surface area contributed by atoms with E-state index in [0.717, 1.165) is 92.7 Å². The van der Waals surface area contributed by atoms with E-state index in [2.05, 4.69) is 24.5 Å². The summed E-state index contributed by atoms with van der Waals surface area (Å²) in [6, 6.07) is 4.30. The third-order valence-electron chi connectivity index (χ3n) is 8.68. The number of imidazole rings is 1. The molecule has 1 N–H and O–H groups in total. The number of anilines is 1. The first-order valence-corrected chi connectivity index (χ1v) is 13.6. The molecule has 2 fully saturated rings. The fourth-order valence-corrected chi connectivity index (χ4v) is 6.73. The lowest BCUT2D eigenvalue weighted by Crippen LogP contribution is -2.42. The summed E-state index contributed by atoms with van der Waals surface area (Å²) < 4.78 is 13.1. The summed E-state index contributed by atoms with van der Waals surface area (Å²) in [5.74, 6) is 0.920. The number of nitrogens with zero attached hydrogens (tertiary/aromatic N) is 3. The van der Waals surface area contributed by atoms with Gasteiger partial charge in [-0.1, -0.05) is 13.3 Å². The van der Waals surface area contributed by atoms with Gasteiger partial charge < -0.3 is 19.1 Å². The number of carboxylic acid groups (broad SMARTS) is 1. The van der Waals surface area contributed by atoms with Crippen LogP contribution in [0.2, 0.25) is 0 Å². The van der Waals surface area contributed by atoms with Crippen molar-refractivity contribution in [1.82, 2.24) is 9.55 Å². The second-order valence-corrected chi connectivity index (χ2v) is 11.0. The van der Waals surface area contributed by atoms with Crippen molar-refractivity contribution in [2.45, 2.75) is 89.6 Å². The normalized spacial score (nSPS) is 26.0. The summed E-state index contributed by atoms with van der Waals surface area (Å²) in [5, 5.41) is 9.76. The summed E-state index contributed by atoms with van der Waals surface area (Å²) in [6.07, 6.45) is 7.84. The van der Waals surface area contributed by atoms with E-state index in [1.807, 2.05) is 6.07 Å². The molecule has 5 rings (SSSR count). The highest BCUT2D eigenvalue weighted by Gasteiger charge is 2.35. The number of aliphatic carboxylic acids is 1. The Morgan fingerprint density at radius 2 is 1.97 bits per heavy atom. The van der Waals surface area contributed by atoms with Crippen LogP contribution in [0.15, 0.2) is 12.1 Å². The molecular formula is C28H39N3O5. The molecule has 0 bridgehead atoms. The zero-order valence-electron chi connectivity index (χ0n) is 21.7. The van der Waals surface area contributed by atoms with Gasteiger partial charge in [-0.3, -0.25) is 9.69 Å². The van der Waals surface area contributed by atoms with Crippen molar-refractivity contribution in [2.24, 2.45) is 11.8 Å². The van der Waals surface area contributed by atoms with Gasteiger partial charge in [0.2, 0.25) is 0 Å². The fraction of sp³-hybridized carbons (Fsp3) is 0.679. The summed E-state index contributed by atoms with van der Waals surface area (Å²) in [5.41, 5.74) is 4.01. The number of ether oxygens (including phenoxy) is 2. The van der Waals surface area contributed by atoms with Crippen molar-refractivity contribution in [2.75, 3.05) is 25.2 Å². The first kappa shape index (κ1) is 25.1. The smallest absolute Gasteiger partial charge is 0.414 e. The Morgan fingerprint density at radius 1 is 1.19 bits per heavy atom. The highest BCUT2D eigenvalue weighted by molar-refractivity contribution is 5.95. The SMILES string of the molecule is COC(=O)N1c2ccc3c(nc(C(C)CC4CCOCC4)n3[C@@H]3CCC[C@@H](C(=O)O)C3)c2CC[C@@H]1C. The number of carboxylic acids is 1. The van der Waals surface area contributed by atoms with E-state index in [1.54, 1.807) is 4.90 Å². The van der Waals surface area contributed by atoms with Crippen molar-refractivity contribution >= 4 is 28.8 Å². The first-order valence-electron chi connectivity index (χ1n) is 13.6. The van der Waals surface area contributed by atoms with Crippen LogP contribution in [0, 0.1) is 11.8 Å². The topological polar surface area (TPSA) is 93.9 Å². The molecule has 2 aliphatic heterocycles. The molecule has 36 heavy (non-hydrogen) atoms. The van der Waals surface area contributed by atoms with Crippen molar-refractivity contribution in [1.29, 1.82) is 0 Å². The van der Waals surface area contributed by atoms with E-state index in [9.17, 15) is 14.7 Å². The van der Waals surface area contributed by atoms with Crippen LogP contribution in [0.3, 0.4) is 0 Å². The van der Waals surface area contributed by atoms with Gasteiger partial charge >= 0.3 is 12.1 Å². The number of rotatable bonds is 5. The van der Waals surface area contributed by atoms with Crippen LogP contribution in [0.5, 0.6) is 0 Å². The Kier molecular flexibility index (Phi) is 7.24. The molecule has 3 heterocycles. The lowest BCUT2D eigenvalue weighted by atomic mass is 9.84. The predicted octanol–water partition coefficient (Wildman–Crippen LogP) is 5.68. The van der Waals surface area contributed by atoms with E-state index >= 15 is 0 Å². The Bertz CT molecular complexity index is 1120. The maximum atomic E-state index is 12.6. The second kappa shape index (κ2) is 10.4. The highest BCUT2D eigenvalue weighted by atomic mass is 16.5. The van der Waals surface area contributed by atoms with E-state index in [-0.39, 0.29) is 30.0 Å². The molecule has 8 heteroatoms. The van der Waals surface area contributed by atoms with E-state index in [0.29, 0.717) is 12.3 Å². The maximum absolute atomic E-state index is 12.6. The standard InChI is InChI=1S/C28H39N3O5/c1-17(15-19-11-13-36-14-12-19)26-29-25-22-8-7-18(2)30(28(34)35-3)23(22)9-10-24(25)31(26)21-6-4-5-20(16-21)27(32)33/h9-10,17-21H,4-8,11-16H2,1-3H3,(H,32,33)/t17?,18-,20+,21+/m0/s1. The Morgan fingerprint density at radius 3 is 2.69 bits per heavy atom. The fourth-order valence-electron chi connectivity index (χ4n) is 6.73. The van der Waals surface area contributed by atoms with Gasteiger partial charge in [0.15, 0.2) is 0 Å². The number of aryl methyl sites for hydroxylation is 1. The number of hydrogen-bond acceptors (Lipinski definition) is 5. The minimum Gasteiger partial charge on any atom is -0.481 e. The van der Waals surface area contributed by atoms with Gasteiger partial charge in [0, 0.05) is 36.8 Å². The largest absolute Gasteiger partial charge is 0.481 e. The lowest BCUT2D eigenvalue weighted by Gasteiger charge is -2.34. The minimum absolute atomic E-state index is 0.0612. The molecule has 1 aromatic carbocycles. The Labute approximate surface area is 213 Å². The summed E-state index contributed by atoms with van der Waals surface area (Å²) in [6.45, 7) is 5.97. The Balaban J connectivity index is 1.60. The molecule has 4 atom stereocenters. The van der Waals surface area contributed by atoms with Crippen LogP contribution in [0.4, 0.5) is 10.5 Å². The van der Waals surface area contributed by atoms with E-state index in [1.165, 1.54) is 7.11 Å². The van der Waals surface area contributed by atoms with Crippen LogP contribution in [0.1, 0.15) is 88.6 Å². The molecule has 1 amide bonds. The molecule has 0 spiro atoms. The van der Waals surface area contributed by atoms with Crippen molar-refractivity contribution < 1.29 is 24.2 Å². The van der Waals surface area contributed by atoms with Gasteiger partial charge in [-0.05, 0) is 76.3 Å². The van der Waals surface area contributed by atoms with Gasteiger partial charge in [-0.15, -0.1) is 0 Å². The number of benzene rings is 1. The quantitative estimate of drug-likeness (QED) is 0.571. The van der Waals surface area contributed by atoms with Gasteiger partial charge in [0.25, 0.3) is 0 Å². The van der Waals surface area contributed by atoms with Crippen LogP contribution in [-0.2, 0) is 20.7 Å². The highest BCUT2D eigenvalue weighted by Crippen LogP contribution is 2.42. The predicted molar refractivity (Wildman–Crippen MR) is 138 cm³/mol. The molecular weight excluding hydrogens is 458 g/mol. The third kappa shape index (κ3) is 4.60. The van der Waals surface area contributed by atoms with Crippen LogP contribution in [-0.4, -0.2) is 53.1 Å². The zero-order chi connectivity index (χ0) is 25.4. The molecule has 196 valence electrons. The van der Waals surface area contributed by atoms with E-state index < -0.39 is 5.97 Å². The molecule has 2 aromatic rings. The van der Waals surface area contributed by atoms with Crippen molar-refractivity contribution in [3.8, 4) is 0 Å². The van der Waals surface area contributed by atoms with E-state index in [4.69, 9.17) is 14.5 Å². The van der Waals surface area contributed by atoms with Crippen molar-refractivity contribution in [3.05, 3.63) is 23.5 Å². The summed E-state index contributed by atoms with van der Waals surface area (Å²) in [4.78, 5) is 31.6. The molecule has 8 nitrogen and oxygen atoms in total. The number of amides is 1. The monoisotopic (exact) mass is 497 g/mol. The van der Waals surface area contributed by atoms with Gasteiger partial charge in [-0.25, -0.2) is 9.78 Å². The van der Waals surface area contributed by atoms with Crippen molar-refractivity contribution in [3.63, 3.8) is 0 Å². The third-order valence-corrected chi connectivity index (χ3v) is 8.68. The van der Waals surface area contributed by atoms with Crippen LogP contribution in [0.25, 0.3) is 11.0 Å². The second-order valence-electron chi connectivity index (χ2n) is 11.0. The average Bonchev–Trinajstić information content (AvgIpc) is 3.29. The lowest BCUT2D eigenvalue weighted by molar-refractivity contribution is -0.143. The summed E-state index contributed by atoms with van der Waals surface area (Å²) in [7, 11) is 1.43. The molecule has 1 aromatic heterocycles. The van der Waals surface area contributed by atoms with Gasteiger partial charge in [0.1, 0.15) is 5.82 Å². The zero-order valence-corrected chi connectivity index (χ0v) is 21.7. The number of carbonyl (C=O) groups excluding carboxylic acids is 1. The minimum atomic E-state index is -0.694. The Hall–Kier alpha value is -2.61. The van der Waals surface area contributed by atoms with Crippen LogP contribution < -0.4 is 4.90 Å². The van der Waals surface area contributed by atoms with Gasteiger partial charge in [-0.2, -0.15) is 0 Å². The molecule has 1 saturated heterocycles. The number of aromatic nitrogens is 2. The molecule has 3 aliphatic rings.